The lowest BCUT2D eigenvalue weighted by Crippen LogP contribution is -2.49. The number of H-pyrrole nitrogens is 1. The summed E-state index contributed by atoms with van der Waals surface area (Å²) in [5.74, 6) is -0.198. The highest BCUT2D eigenvalue weighted by molar-refractivity contribution is 7.09. The number of aromatic amines is 1. The molecule has 1 aliphatic rings. The molecule has 1 N–H and O–H groups in total. The van der Waals surface area contributed by atoms with E-state index in [1.807, 2.05) is 0 Å². The van der Waals surface area contributed by atoms with E-state index in [1.54, 1.807) is 4.90 Å². The molecule has 0 unspecified atom stereocenters. The van der Waals surface area contributed by atoms with E-state index in [1.165, 1.54) is 23.9 Å². The van der Waals surface area contributed by atoms with Gasteiger partial charge in [0.1, 0.15) is 4.88 Å². The molecule has 1 saturated heterocycles. The number of rotatable bonds is 2. The maximum absolute atomic E-state index is 13.0. The first-order chi connectivity index (χ1) is 13.4. The van der Waals surface area contributed by atoms with Crippen molar-refractivity contribution in [1.82, 2.24) is 18.8 Å². The number of anilines is 1. The van der Waals surface area contributed by atoms with Crippen LogP contribution in [0.4, 0.5) is 5.69 Å². The standard InChI is InChI=1S/C19H21N5O3S/c1-11-4-5-13(12(2)10-11)23-6-8-24(9-7-23)18(26)16-14-15(21-28-16)17(25)22(3)19(27)20-14/h4-5,10H,6-9H2,1-3H3,(H,20,27). The highest BCUT2D eigenvalue weighted by Crippen LogP contribution is 2.24. The Hall–Kier alpha value is -2.94. The van der Waals surface area contributed by atoms with Crippen LogP contribution in [0.25, 0.3) is 11.0 Å². The smallest absolute Gasteiger partial charge is 0.328 e. The molecule has 0 saturated carbocycles. The number of nitrogens with zero attached hydrogens (tertiary/aromatic N) is 4. The minimum Gasteiger partial charge on any atom is -0.368 e. The summed E-state index contributed by atoms with van der Waals surface area (Å²) in [5, 5.41) is 0. The van der Waals surface area contributed by atoms with Crippen molar-refractivity contribution in [2.75, 3.05) is 31.1 Å². The number of amides is 1. The second-order valence-corrected chi connectivity index (χ2v) is 7.87. The first-order valence-corrected chi connectivity index (χ1v) is 9.84. The van der Waals surface area contributed by atoms with E-state index in [-0.39, 0.29) is 16.9 Å². The molecule has 3 heterocycles. The molecule has 9 heteroatoms. The topological polar surface area (TPSA) is 91.3 Å². The monoisotopic (exact) mass is 399 g/mol. The van der Waals surface area contributed by atoms with E-state index in [0.717, 1.165) is 29.2 Å². The van der Waals surface area contributed by atoms with Gasteiger partial charge in [-0.15, -0.1) is 0 Å². The van der Waals surface area contributed by atoms with E-state index < -0.39 is 11.2 Å². The van der Waals surface area contributed by atoms with Crippen LogP contribution in [0.15, 0.2) is 27.8 Å². The number of carbonyl (C=O) groups excluding carboxylic acids is 1. The predicted octanol–water partition coefficient (Wildman–Crippen LogP) is 1.26. The summed E-state index contributed by atoms with van der Waals surface area (Å²) in [7, 11) is 1.38. The third kappa shape index (κ3) is 3.01. The molecule has 2 aromatic heterocycles. The van der Waals surface area contributed by atoms with Crippen molar-refractivity contribution < 1.29 is 4.79 Å². The minimum absolute atomic E-state index is 0.129. The molecule has 0 aliphatic carbocycles. The van der Waals surface area contributed by atoms with Crippen LogP contribution in [0.3, 0.4) is 0 Å². The van der Waals surface area contributed by atoms with Crippen LogP contribution >= 0.6 is 11.5 Å². The third-order valence-corrected chi connectivity index (χ3v) is 6.03. The number of carbonyl (C=O) groups is 1. The van der Waals surface area contributed by atoms with Crippen LogP contribution in [-0.4, -0.2) is 50.9 Å². The second-order valence-electron chi connectivity index (χ2n) is 7.10. The largest absolute Gasteiger partial charge is 0.368 e. The number of nitrogens with one attached hydrogen (secondary N) is 1. The molecule has 4 rings (SSSR count). The average Bonchev–Trinajstić information content (AvgIpc) is 3.09. The Morgan fingerprint density at radius 3 is 2.54 bits per heavy atom. The fourth-order valence-corrected chi connectivity index (χ4v) is 4.39. The molecular formula is C19H21N5O3S. The van der Waals surface area contributed by atoms with Crippen LogP contribution in [0, 0.1) is 13.8 Å². The van der Waals surface area contributed by atoms with Crippen molar-refractivity contribution in [3.63, 3.8) is 0 Å². The molecule has 0 bridgehead atoms. The summed E-state index contributed by atoms with van der Waals surface area (Å²) < 4.78 is 5.06. The van der Waals surface area contributed by atoms with Crippen molar-refractivity contribution in [3.05, 3.63) is 55.0 Å². The van der Waals surface area contributed by atoms with Crippen LogP contribution in [-0.2, 0) is 7.05 Å². The van der Waals surface area contributed by atoms with Crippen molar-refractivity contribution >= 4 is 34.2 Å². The van der Waals surface area contributed by atoms with Gasteiger partial charge in [-0.2, -0.15) is 4.37 Å². The van der Waals surface area contributed by atoms with E-state index in [2.05, 4.69) is 46.3 Å². The average molecular weight is 399 g/mol. The van der Waals surface area contributed by atoms with Gasteiger partial charge in [0, 0.05) is 38.9 Å². The number of hydrogen-bond acceptors (Lipinski definition) is 6. The van der Waals surface area contributed by atoms with Gasteiger partial charge >= 0.3 is 5.69 Å². The Morgan fingerprint density at radius 2 is 1.86 bits per heavy atom. The molecule has 1 aromatic carbocycles. The van der Waals surface area contributed by atoms with Gasteiger partial charge in [0.15, 0.2) is 5.52 Å². The zero-order chi connectivity index (χ0) is 20.0. The van der Waals surface area contributed by atoms with Gasteiger partial charge in [-0.3, -0.25) is 14.2 Å². The molecule has 0 atom stereocenters. The Bertz CT molecular complexity index is 1180. The van der Waals surface area contributed by atoms with Crippen LogP contribution in [0.1, 0.15) is 20.8 Å². The molecule has 3 aromatic rings. The summed E-state index contributed by atoms with van der Waals surface area (Å²) in [5.41, 5.74) is 2.96. The van der Waals surface area contributed by atoms with Gasteiger partial charge in [-0.05, 0) is 37.0 Å². The molecule has 28 heavy (non-hydrogen) atoms. The number of aromatic nitrogens is 3. The zero-order valence-electron chi connectivity index (χ0n) is 16.0. The van der Waals surface area contributed by atoms with Crippen LogP contribution in [0.2, 0.25) is 0 Å². The molecule has 0 spiro atoms. The normalized spacial score (nSPS) is 14.7. The van der Waals surface area contributed by atoms with Crippen LogP contribution < -0.4 is 16.1 Å². The van der Waals surface area contributed by atoms with Crippen molar-refractivity contribution in [2.45, 2.75) is 13.8 Å². The van der Waals surface area contributed by atoms with Crippen LogP contribution in [0.5, 0.6) is 0 Å². The molecular weight excluding hydrogens is 378 g/mol. The molecule has 1 aliphatic heterocycles. The van der Waals surface area contributed by atoms with Crippen molar-refractivity contribution in [3.8, 4) is 0 Å². The SMILES string of the molecule is Cc1ccc(N2CCN(C(=O)c3snc4c(=O)n(C)c(=O)[nH]c34)CC2)c(C)c1. The van der Waals surface area contributed by atoms with E-state index in [9.17, 15) is 14.4 Å². The fourth-order valence-electron chi connectivity index (χ4n) is 3.59. The van der Waals surface area contributed by atoms with E-state index in [4.69, 9.17) is 0 Å². The Labute approximate surface area is 165 Å². The van der Waals surface area contributed by atoms with Gasteiger partial charge in [0.05, 0.1) is 5.52 Å². The van der Waals surface area contributed by atoms with Gasteiger partial charge in [0.2, 0.25) is 0 Å². The molecule has 146 valence electrons. The zero-order valence-corrected chi connectivity index (χ0v) is 16.8. The summed E-state index contributed by atoms with van der Waals surface area (Å²) in [6, 6.07) is 6.38. The summed E-state index contributed by atoms with van der Waals surface area (Å²) in [4.78, 5) is 44.0. The van der Waals surface area contributed by atoms with Crippen molar-refractivity contribution in [2.24, 2.45) is 7.05 Å². The highest BCUT2D eigenvalue weighted by atomic mass is 32.1. The minimum atomic E-state index is -0.550. The maximum Gasteiger partial charge on any atom is 0.328 e. The van der Waals surface area contributed by atoms with Gasteiger partial charge in [-0.1, -0.05) is 17.7 Å². The summed E-state index contributed by atoms with van der Waals surface area (Å²) >= 11 is 0.959. The third-order valence-electron chi connectivity index (χ3n) is 5.19. The molecule has 1 amide bonds. The highest BCUT2D eigenvalue weighted by Gasteiger charge is 2.27. The maximum atomic E-state index is 13.0. The van der Waals surface area contributed by atoms with Gasteiger partial charge < -0.3 is 14.8 Å². The summed E-state index contributed by atoms with van der Waals surface area (Å²) in [6.45, 7) is 6.77. The van der Waals surface area contributed by atoms with Gasteiger partial charge in [-0.25, -0.2) is 4.79 Å². The quantitative estimate of drug-likeness (QED) is 0.701. The fraction of sp³-hybridized carbons (Fsp3) is 0.368. The van der Waals surface area contributed by atoms with Crippen molar-refractivity contribution in [1.29, 1.82) is 0 Å². The molecule has 8 nitrogen and oxygen atoms in total. The summed E-state index contributed by atoms with van der Waals surface area (Å²) in [6.07, 6.45) is 0. The lowest BCUT2D eigenvalue weighted by molar-refractivity contribution is 0.0753. The number of piperazine rings is 1. The number of aryl methyl sites for hydroxylation is 2. The second kappa shape index (κ2) is 6.90. The lowest BCUT2D eigenvalue weighted by atomic mass is 10.1. The first kappa shape index (κ1) is 18.4. The lowest BCUT2D eigenvalue weighted by Gasteiger charge is -2.36. The molecule has 1 fully saturated rings. The Morgan fingerprint density at radius 1 is 1.14 bits per heavy atom. The Kier molecular flexibility index (Phi) is 4.54. The number of fused-ring (bicyclic) bond motifs is 1. The number of hydrogen-bond donors (Lipinski definition) is 1. The predicted molar refractivity (Wildman–Crippen MR) is 110 cm³/mol. The Balaban J connectivity index is 1.56. The van der Waals surface area contributed by atoms with Gasteiger partial charge in [0.25, 0.3) is 11.5 Å². The van der Waals surface area contributed by atoms with E-state index in [0.29, 0.717) is 18.0 Å². The molecule has 0 radical (unpaired) electrons. The number of benzene rings is 1. The van der Waals surface area contributed by atoms with E-state index >= 15 is 0 Å². The first-order valence-electron chi connectivity index (χ1n) is 9.07.